The maximum Gasteiger partial charge on any atom is 0.338 e. The van der Waals surface area contributed by atoms with E-state index in [1.54, 1.807) is 0 Å². The topological polar surface area (TPSA) is 140 Å². The second-order valence-electron chi connectivity index (χ2n) is 6.02. The van der Waals surface area contributed by atoms with Gasteiger partial charge in [-0.1, -0.05) is 0 Å². The zero-order valence-electron chi connectivity index (χ0n) is 14.0. The fourth-order valence-electron chi connectivity index (χ4n) is 2.72. The molecule has 1 aliphatic heterocycles. The van der Waals surface area contributed by atoms with E-state index in [4.69, 9.17) is 9.47 Å². The van der Waals surface area contributed by atoms with Crippen molar-refractivity contribution in [3.8, 4) is 5.75 Å². The van der Waals surface area contributed by atoms with Crippen molar-refractivity contribution >= 4 is 11.9 Å². The lowest BCUT2D eigenvalue weighted by molar-refractivity contribution is -0.765. The van der Waals surface area contributed by atoms with Crippen molar-refractivity contribution in [3.05, 3.63) is 59.9 Å². The normalized spacial score (nSPS) is 24.5. The SMILES string of the molecule is O=C([O-])c1ccc[n+]([C@H]2O[C@H](COC(=O)c3ccc(O)cc3)[C@H](O)C2O)c1. The predicted octanol–water partition coefficient (Wildman–Crippen LogP) is -1.48. The number of carboxylic acid groups (broad SMARTS) is 1. The minimum atomic E-state index is -1.39. The Kier molecular flexibility index (Phi) is 5.36. The van der Waals surface area contributed by atoms with Crippen LogP contribution in [0.2, 0.25) is 0 Å². The average molecular weight is 375 g/mol. The third-order valence-corrected chi connectivity index (χ3v) is 4.17. The molecule has 1 saturated heterocycles. The number of phenolic OH excluding ortho intramolecular Hbond substituents is 1. The monoisotopic (exact) mass is 375 g/mol. The molecule has 3 rings (SSSR count). The minimum Gasteiger partial charge on any atom is -0.545 e. The molecule has 142 valence electrons. The van der Waals surface area contributed by atoms with Crippen LogP contribution in [0.1, 0.15) is 26.9 Å². The van der Waals surface area contributed by atoms with Gasteiger partial charge in [-0.2, -0.15) is 4.57 Å². The second kappa shape index (κ2) is 7.70. The highest BCUT2D eigenvalue weighted by Crippen LogP contribution is 2.26. The van der Waals surface area contributed by atoms with Gasteiger partial charge >= 0.3 is 5.97 Å². The Labute approximate surface area is 153 Å². The number of rotatable bonds is 5. The summed E-state index contributed by atoms with van der Waals surface area (Å²) in [5.41, 5.74) is 0.0819. The van der Waals surface area contributed by atoms with Gasteiger partial charge in [0, 0.05) is 6.07 Å². The van der Waals surface area contributed by atoms with Gasteiger partial charge in [-0.05, 0) is 30.3 Å². The number of carbonyl (C=O) groups is 2. The average Bonchev–Trinajstić information content (AvgIpc) is 2.95. The standard InChI is InChI=1S/C18H17NO8/c20-12-5-3-10(4-6-12)18(25)26-9-13-14(21)15(22)16(27-13)19-7-1-2-11(8-19)17(23)24/h1-8,13-16,21-22H,9H2,(H-,20,23,24,25)/t13-,14+,15?,16+/m1/s1. The van der Waals surface area contributed by atoms with Crippen LogP contribution in [0, 0.1) is 0 Å². The number of aromatic nitrogens is 1. The van der Waals surface area contributed by atoms with Gasteiger partial charge in [0.05, 0.1) is 17.1 Å². The molecule has 1 aliphatic rings. The highest BCUT2D eigenvalue weighted by molar-refractivity contribution is 5.89. The molecule has 4 atom stereocenters. The molecule has 1 aromatic carbocycles. The van der Waals surface area contributed by atoms with E-state index in [1.807, 2.05) is 0 Å². The van der Waals surface area contributed by atoms with Crippen molar-refractivity contribution in [3.63, 3.8) is 0 Å². The summed E-state index contributed by atoms with van der Waals surface area (Å²) in [6.07, 6.45) is -2.09. The first-order chi connectivity index (χ1) is 12.9. The first kappa shape index (κ1) is 18.8. The Morgan fingerprint density at radius 1 is 1.11 bits per heavy atom. The zero-order chi connectivity index (χ0) is 19.6. The molecule has 1 unspecified atom stereocenters. The van der Waals surface area contributed by atoms with E-state index in [-0.39, 0.29) is 23.5 Å². The number of aliphatic hydroxyl groups excluding tert-OH is 2. The number of carbonyl (C=O) groups excluding carboxylic acids is 2. The van der Waals surface area contributed by atoms with Crippen molar-refractivity contribution in [1.82, 2.24) is 0 Å². The molecule has 0 bridgehead atoms. The highest BCUT2D eigenvalue weighted by atomic mass is 16.6. The maximum absolute atomic E-state index is 12.0. The molecule has 0 saturated carbocycles. The summed E-state index contributed by atoms with van der Waals surface area (Å²) in [5.74, 6) is -2.07. The summed E-state index contributed by atoms with van der Waals surface area (Å²) in [6.45, 7) is -0.324. The minimum absolute atomic E-state index is 0.00267. The van der Waals surface area contributed by atoms with E-state index in [0.29, 0.717) is 0 Å². The van der Waals surface area contributed by atoms with Crippen LogP contribution in [0.4, 0.5) is 0 Å². The first-order valence-corrected chi connectivity index (χ1v) is 8.06. The molecular weight excluding hydrogens is 358 g/mol. The molecule has 0 amide bonds. The lowest BCUT2D eigenvalue weighted by Crippen LogP contribution is -2.46. The molecule has 9 nitrogen and oxygen atoms in total. The van der Waals surface area contributed by atoms with Crippen molar-refractivity contribution < 1.29 is 44.1 Å². The van der Waals surface area contributed by atoms with E-state index < -0.39 is 36.5 Å². The zero-order valence-corrected chi connectivity index (χ0v) is 14.0. The fourth-order valence-corrected chi connectivity index (χ4v) is 2.72. The number of hydrogen-bond acceptors (Lipinski definition) is 8. The summed E-state index contributed by atoms with van der Waals surface area (Å²) >= 11 is 0. The maximum atomic E-state index is 12.0. The summed E-state index contributed by atoms with van der Waals surface area (Å²) < 4.78 is 11.9. The van der Waals surface area contributed by atoms with Crippen molar-refractivity contribution in [1.29, 1.82) is 0 Å². The Bertz CT molecular complexity index is 838. The fraction of sp³-hybridized carbons (Fsp3) is 0.278. The van der Waals surface area contributed by atoms with Crippen LogP contribution < -0.4 is 9.67 Å². The first-order valence-electron chi connectivity index (χ1n) is 8.06. The number of aromatic hydroxyl groups is 1. The van der Waals surface area contributed by atoms with Gasteiger partial charge in [0.2, 0.25) is 0 Å². The van der Waals surface area contributed by atoms with Crippen LogP contribution in [-0.2, 0) is 9.47 Å². The van der Waals surface area contributed by atoms with Gasteiger partial charge < -0.3 is 34.7 Å². The second-order valence-corrected chi connectivity index (χ2v) is 6.02. The van der Waals surface area contributed by atoms with Crippen molar-refractivity contribution in [2.75, 3.05) is 6.61 Å². The number of carboxylic acids is 1. The van der Waals surface area contributed by atoms with Crippen LogP contribution in [0.5, 0.6) is 5.75 Å². The highest BCUT2D eigenvalue weighted by Gasteiger charge is 2.48. The van der Waals surface area contributed by atoms with Crippen LogP contribution in [0.3, 0.4) is 0 Å². The molecule has 1 aromatic heterocycles. The Hall–Kier alpha value is -3.01. The van der Waals surface area contributed by atoms with Crippen LogP contribution >= 0.6 is 0 Å². The largest absolute Gasteiger partial charge is 0.545 e. The van der Waals surface area contributed by atoms with Crippen LogP contribution in [0.15, 0.2) is 48.8 Å². The molecule has 0 spiro atoms. The molecule has 9 heteroatoms. The van der Waals surface area contributed by atoms with E-state index in [9.17, 15) is 30.0 Å². The van der Waals surface area contributed by atoms with E-state index in [1.165, 1.54) is 53.4 Å². The van der Waals surface area contributed by atoms with Gasteiger partial charge in [0.1, 0.15) is 24.6 Å². The summed E-state index contributed by atoms with van der Waals surface area (Å²) in [4.78, 5) is 23.0. The van der Waals surface area contributed by atoms with Crippen molar-refractivity contribution in [2.24, 2.45) is 0 Å². The smallest absolute Gasteiger partial charge is 0.338 e. The molecule has 0 aliphatic carbocycles. The number of hydrogen-bond donors (Lipinski definition) is 3. The number of aliphatic hydroxyl groups is 2. The Morgan fingerprint density at radius 2 is 1.81 bits per heavy atom. The predicted molar refractivity (Wildman–Crippen MR) is 85.3 cm³/mol. The van der Waals surface area contributed by atoms with Crippen molar-refractivity contribution in [2.45, 2.75) is 24.5 Å². The lowest BCUT2D eigenvalue weighted by atomic mass is 10.1. The number of nitrogens with zero attached hydrogens (tertiary/aromatic N) is 1. The molecule has 2 aromatic rings. The van der Waals surface area contributed by atoms with Gasteiger partial charge in [-0.3, -0.25) is 0 Å². The number of aromatic carboxylic acids is 1. The van der Waals surface area contributed by atoms with Gasteiger partial charge in [0.15, 0.2) is 18.5 Å². The third-order valence-electron chi connectivity index (χ3n) is 4.17. The van der Waals surface area contributed by atoms with Crippen LogP contribution in [0.25, 0.3) is 0 Å². The molecular formula is C18H17NO8. The molecule has 2 heterocycles. The summed E-state index contributed by atoms with van der Waals surface area (Å²) in [5, 5.41) is 40.5. The summed E-state index contributed by atoms with van der Waals surface area (Å²) in [7, 11) is 0. The molecule has 27 heavy (non-hydrogen) atoms. The van der Waals surface area contributed by atoms with E-state index in [0.717, 1.165) is 0 Å². The third kappa shape index (κ3) is 4.05. The number of ether oxygens (including phenoxy) is 2. The van der Waals surface area contributed by atoms with Crippen LogP contribution in [-0.4, -0.2) is 52.2 Å². The van der Waals surface area contributed by atoms with E-state index >= 15 is 0 Å². The Balaban J connectivity index is 1.66. The Morgan fingerprint density at radius 3 is 2.48 bits per heavy atom. The van der Waals surface area contributed by atoms with Gasteiger partial charge in [0.25, 0.3) is 6.23 Å². The molecule has 0 radical (unpaired) electrons. The lowest BCUT2D eigenvalue weighted by Gasteiger charge is -2.13. The molecule has 1 fully saturated rings. The summed E-state index contributed by atoms with van der Waals surface area (Å²) in [6, 6.07) is 8.17. The quantitative estimate of drug-likeness (QED) is 0.425. The van der Waals surface area contributed by atoms with Gasteiger partial charge in [-0.15, -0.1) is 0 Å². The number of phenols is 1. The number of pyridine rings is 1. The molecule has 3 N–H and O–H groups in total. The number of esters is 1. The number of benzene rings is 1. The van der Waals surface area contributed by atoms with E-state index in [2.05, 4.69) is 0 Å². The van der Waals surface area contributed by atoms with Gasteiger partial charge in [-0.25, -0.2) is 4.79 Å².